The second kappa shape index (κ2) is 8.31. The van der Waals surface area contributed by atoms with Crippen molar-refractivity contribution in [1.82, 2.24) is 4.57 Å². The standard InChI is InChI=1S/C22H18Cl3NO3/c23-17-8-6-15(7-9-17)12-16-10-11-26(13-16)14-28-21(27)19-20(22(19,24)25)29-18-4-2-1-3-5-18/h1-11,13,19-20H,12,14H2. The summed E-state index contributed by atoms with van der Waals surface area (Å²) in [4.78, 5) is 12.4. The molecule has 2 aromatic carbocycles. The van der Waals surface area contributed by atoms with E-state index in [9.17, 15) is 4.79 Å². The van der Waals surface area contributed by atoms with Gasteiger partial charge >= 0.3 is 5.97 Å². The lowest BCUT2D eigenvalue weighted by molar-refractivity contribution is -0.149. The van der Waals surface area contributed by atoms with Crippen molar-refractivity contribution in [3.8, 4) is 5.75 Å². The first-order valence-corrected chi connectivity index (χ1v) is 10.2. The van der Waals surface area contributed by atoms with Gasteiger partial charge in [-0.15, -0.1) is 0 Å². The maximum Gasteiger partial charge on any atom is 0.317 e. The van der Waals surface area contributed by atoms with Gasteiger partial charge in [0.05, 0.1) is 0 Å². The highest BCUT2D eigenvalue weighted by atomic mass is 35.5. The van der Waals surface area contributed by atoms with E-state index in [1.165, 1.54) is 0 Å². The van der Waals surface area contributed by atoms with Crippen molar-refractivity contribution >= 4 is 40.8 Å². The number of aromatic nitrogens is 1. The van der Waals surface area contributed by atoms with E-state index in [1.54, 1.807) is 16.7 Å². The minimum Gasteiger partial charge on any atom is -0.486 e. The van der Waals surface area contributed by atoms with Gasteiger partial charge in [0.1, 0.15) is 17.8 Å². The Labute approximate surface area is 183 Å². The Morgan fingerprint density at radius 2 is 1.72 bits per heavy atom. The van der Waals surface area contributed by atoms with E-state index in [1.807, 2.05) is 60.9 Å². The number of halogens is 3. The summed E-state index contributed by atoms with van der Waals surface area (Å²) in [7, 11) is 0. The minimum absolute atomic E-state index is 0.0812. The lowest BCUT2D eigenvalue weighted by atomic mass is 10.1. The average Bonchev–Trinajstić information content (AvgIpc) is 3.02. The lowest BCUT2D eigenvalue weighted by Crippen LogP contribution is -2.14. The zero-order chi connectivity index (χ0) is 20.4. The second-order valence-electron chi connectivity index (χ2n) is 6.93. The molecule has 2 unspecified atom stereocenters. The average molecular weight is 451 g/mol. The second-order valence-corrected chi connectivity index (χ2v) is 8.81. The molecule has 4 nitrogen and oxygen atoms in total. The van der Waals surface area contributed by atoms with Crippen LogP contribution in [-0.4, -0.2) is 21.0 Å². The van der Waals surface area contributed by atoms with E-state index in [0.29, 0.717) is 10.8 Å². The summed E-state index contributed by atoms with van der Waals surface area (Å²) in [5.74, 6) is -0.602. The molecular formula is C22H18Cl3NO3. The molecule has 4 rings (SSSR count). The Bertz CT molecular complexity index is 986. The number of para-hydroxylation sites is 1. The van der Waals surface area contributed by atoms with Gasteiger partial charge in [0, 0.05) is 17.4 Å². The smallest absolute Gasteiger partial charge is 0.317 e. The van der Waals surface area contributed by atoms with Crippen LogP contribution in [0.5, 0.6) is 5.75 Å². The Hall–Kier alpha value is -2.14. The highest BCUT2D eigenvalue weighted by Gasteiger charge is 2.71. The molecule has 150 valence electrons. The topological polar surface area (TPSA) is 40.5 Å². The monoisotopic (exact) mass is 449 g/mol. The SMILES string of the molecule is O=C(OCn1ccc(Cc2ccc(Cl)cc2)c1)C1C(Oc2ccccc2)C1(Cl)Cl. The summed E-state index contributed by atoms with van der Waals surface area (Å²) < 4.78 is 11.6. The van der Waals surface area contributed by atoms with Crippen LogP contribution in [0.25, 0.3) is 0 Å². The fraction of sp³-hybridized carbons (Fsp3) is 0.227. The first kappa shape index (κ1) is 20.1. The molecule has 2 atom stereocenters. The van der Waals surface area contributed by atoms with Gasteiger partial charge in [-0.25, -0.2) is 0 Å². The summed E-state index contributed by atoms with van der Waals surface area (Å²) in [6, 6.07) is 18.8. The van der Waals surface area contributed by atoms with Crippen molar-refractivity contribution < 1.29 is 14.3 Å². The first-order chi connectivity index (χ1) is 13.9. The van der Waals surface area contributed by atoms with Crippen LogP contribution in [0.15, 0.2) is 73.1 Å². The van der Waals surface area contributed by atoms with E-state index < -0.39 is 22.3 Å². The molecule has 0 spiro atoms. The Kier molecular flexibility index (Phi) is 5.77. The van der Waals surface area contributed by atoms with Gasteiger partial charge in [-0.3, -0.25) is 4.79 Å². The summed E-state index contributed by atoms with van der Waals surface area (Å²) in [6.45, 7) is 0.0812. The molecule has 0 N–H and O–H groups in total. The van der Waals surface area contributed by atoms with Crippen LogP contribution in [0.4, 0.5) is 0 Å². The third-order valence-corrected chi connectivity index (χ3v) is 5.89. The van der Waals surface area contributed by atoms with E-state index >= 15 is 0 Å². The van der Waals surface area contributed by atoms with E-state index in [0.717, 1.165) is 17.5 Å². The quantitative estimate of drug-likeness (QED) is 0.353. The number of ether oxygens (including phenoxy) is 2. The summed E-state index contributed by atoms with van der Waals surface area (Å²) >= 11 is 18.4. The number of carbonyl (C=O) groups excluding carboxylic acids is 1. The molecule has 0 bridgehead atoms. The van der Waals surface area contributed by atoms with Crippen molar-refractivity contribution in [3.63, 3.8) is 0 Å². The van der Waals surface area contributed by atoms with Gasteiger partial charge in [-0.1, -0.05) is 65.1 Å². The molecule has 0 amide bonds. The first-order valence-electron chi connectivity index (χ1n) is 9.09. The number of carbonyl (C=O) groups is 1. The third-order valence-electron chi connectivity index (χ3n) is 4.74. The molecular weight excluding hydrogens is 433 g/mol. The Morgan fingerprint density at radius 3 is 2.45 bits per heavy atom. The molecule has 7 heteroatoms. The van der Waals surface area contributed by atoms with Crippen LogP contribution in [0.3, 0.4) is 0 Å². The van der Waals surface area contributed by atoms with Gasteiger partial charge in [0.25, 0.3) is 0 Å². The number of esters is 1. The predicted molar refractivity (Wildman–Crippen MR) is 114 cm³/mol. The van der Waals surface area contributed by atoms with Crippen molar-refractivity contribution in [2.45, 2.75) is 23.6 Å². The minimum atomic E-state index is -1.29. The number of nitrogens with zero attached hydrogens (tertiary/aromatic N) is 1. The number of hydrogen-bond donors (Lipinski definition) is 0. The zero-order valence-corrected chi connectivity index (χ0v) is 17.6. The van der Waals surface area contributed by atoms with Crippen LogP contribution in [0, 0.1) is 5.92 Å². The fourth-order valence-electron chi connectivity index (χ4n) is 3.11. The highest BCUT2D eigenvalue weighted by molar-refractivity contribution is 6.53. The summed E-state index contributed by atoms with van der Waals surface area (Å²) in [5.41, 5.74) is 2.25. The van der Waals surface area contributed by atoms with E-state index in [4.69, 9.17) is 44.3 Å². The van der Waals surface area contributed by atoms with Crippen LogP contribution in [0.1, 0.15) is 11.1 Å². The van der Waals surface area contributed by atoms with Gasteiger partial charge < -0.3 is 14.0 Å². The molecule has 29 heavy (non-hydrogen) atoms. The molecule has 0 aliphatic heterocycles. The largest absolute Gasteiger partial charge is 0.486 e. The number of rotatable bonds is 7. The van der Waals surface area contributed by atoms with Crippen LogP contribution < -0.4 is 4.74 Å². The van der Waals surface area contributed by atoms with Crippen molar-refractivity contribution in [1.29, 1.82) is 0 Å². The highest BCUT2D eigenvalue weighted by Crippen LogP contribution is 2.55. The maximum absolute atomic E-state index is 12.4. The third kappa shape index (κ3) is 4.72. The number of benzene rings is 2. The van der Waals surface area contributed by atoms with Crippen LogP contribution in [0.2, 0.25) is 5.02 Å². The zero-order valence-electron chi connectivity index (χ0n) is 15.3. The molecule has 1 saturated carbocycles. The van der Waals surface area contributed by atoms with E-state index in [2.05, 4.69) is 0 Å². The predicted octanol–water partition coefficient (Wildman–Crippen LogP) is 5.48. The molecule has 0 saturated heterocycles. The van der Waals surface area contributed by atoms with E-state index in [-0.39, 0.29) is 6.73 Å². The van der Waals surface area contributed by atoms with Crippen LogP contribution >= 0.6 is 34.8 Å². The molecule has 1 aromatic heterocycles. The van der Waals surface area contributed by atoms with Gasteiger partial charge in [0.15, 0.2) is 11.1 Å². The number of hydrogen-bond acceptors (Lipinski definition) is 3. The normalized spacial score (nSPS) is 19.6. The fourth-order valence-corrected chi connectivity index (χ4v) is 3.86. The number of alkyl halides is 2. The van der Waals surface area contributed by atoms with Gasteiger partial charge in [-0.2, -0.15) is 0 Å². The Balaban J connectivity index is 1.30. The lowest BCUT2D eigenvalue weighted by Gasteiger charge is -2.06. The Morgan fingerprint density at radius 1 is 1.00 bits per heavy atom. The summed E-state index contributed by atoms with van der Waals surface area (Å²) in [6.07, 6.45) is 3.92. The molecule has 1 heterocycles. The van der Waals surface area contributed by atoms with Crippen molar-refractivity contribution in [3.05, 3.63) is 89.2 Å². The van der Waals surface area contributed by atoms with Crippen molar-refractivity contribution in [2.24, 2.45) is 5.92 Å². The maximum atomic E-state index is 12.4. The molecule has 1 fully saturated rings. The molecule has 1 aliphatic rings. The van der Waals surface area contributed by atoms with Gasteiger partial charge in [-0.05, 0) is 47.9 Å². The molecule has 3 aromatic rings. The molecule has 0 radical (unpaired) electrons. The van der Waals surface area contributed by atoms with Gasteiger partial charge in [0.2, 0.25) is 0 Å². The van der Waals surface area contributed by atoms with Crippen LogP contribution in [-0.2, 0) is 22.7 Å². The van der Waals surface area contributed by atoms with Crippen molar-refractivity contribution in [2.75, 3.05) is 0 Å². The molecule has 1 aliphatic carbocycles. The summed E-state index contributed by atoms with van der Waals surface area (Å²) in [5, 5.41) is 0.711.